The molecule has 1 atom stereocenters. The van der Waals surface area contributed by atoms with E-state index in [9.17, 15) is 4.79 Å². The van der Waals surface area contributed by atoms with Crippen LogP contribution < -0.4 is 5.32 Å². The lowest BCUT2D eigenvalue weighted by Gasteiger charge is -2.15. The number of carbonyl (C=O) groups excluding carboxylic acids is 1. The van der Waals surface area contributed by atoms with Gasteiger partial charge in [0.15, 0.2) is 5.82 Å². The Bertz CT molecular complexity index is 1190. The van der Waals surface area contributed by atoms with Crippen molar-refractivity contribution in [3.63, 3.8) is 0 Å². The fourth-order valence-electron chi connectivity index (χ4n) is 3.19. The van der Waals surface area contributed by atoms with Crippen molar-refractivity contribution in [1.82, 2.24) is 35.5 Å². The Morgan fingerprint density at radius 1 is 1.13 bits per heavy atom. The minimum absolute atomic E-state index is 0.235. The molecule has 2 aromatic heterocycles. The molecule has 1 N–H and O–H groups in total. The van der Waals surface area contributed by atoms with E-state index in [1.165, 1.54) is 0 Å². The summed E-state index contributed by atoms with van der Waals surface area (Å²) < 4.78 is 1.64. The third-order valence-electron chi connectivity index (χ3n) is 4.83. The molecular weight excluding hydrogens is 414 g/mol. The van der Waals surface area contributed by atoms with Crippen LogP contribution in [0.5, 0.6) is 0 Å². The molecule has 0 fully saturated rings. The molecule has 0 aliphatic carbocycles. The monoisotopic (exact) mass is 433 g/mol. The topological polar surface area (TPSA) is 98.5 Å². The van der Waals surface area contributed by atoms with Crippen molar-refractivity contribution in [1.29, 1.82) is 0 Å². The molecule has 2 heterocycles. The Morgan fingerprint density at radius 3 is 2.65 bits per heavy atom. The van der Waals surface area contributed by atoms with E-state index < -0.39 is 0 Å². The summed E-state index contributed by atoms with van der Waals surface area (Å²) in [6.07, 6.45) is 5.48. The summed E-state index contributed by atoms with van der Waals surface area (Å²) in [7, 11) is 0. The number of halogens is 1. The number of nitrogens with one attached hydrogen (secondary N) is 1. The summed E-state index contributed by atoms with van der Waals surface area (Å²) in [6.45, 7) is 3.84. The summed E-state index contributed by atoms with van der Waals surface area (Å²) in [4.78, 5) is 21.4. The van der Waals surface area contributed by atoms with Gasteiger partial charge in [-0.1, -0.05) is 30.7 Å². The van der Waals surface area contributed by atoms with Gasteiger partial charge in [0, 0.05) is 29.4 Å². The predicted molar refractivity (Wildman–Crippen MR) is 117 cm³/mol. The number of rotatable bonds is 6. The molecule has 0 bridgehead atoms. The van der Waals surface area contributed by atoms with Crippen LogP contribution in [0, 0.1) is 0 Å². The summed E-state index contributed by atoms with van der Waals surface area (Å²) in [6, 6.07) is 12.7. The van der Waals surface area contributed by atoms with Crippen molar-refractivity contribution < 1.29 is 4.79 Å². The minimum atomic E-state index is -0.303. The van der Waals surface area contributed by atoms with Gasteiger partial charge in [-0.2, -0.15) is 4.68 Å². The van der Waals surface area contributed by atoms with Gasteiger partial charge in [0.05, 0.1) is 23.6 Å². The smallest absolute Gasteiger partial charge is 0.251 e. The molecule has 0 aliphatic heterocycles. The van der Waals surface area contributed by atoms with E-state index in [0.29, 0.717) is 34.2 Å². The molecule has 0 spiro atoms. The molecule has 0 saturated carbocycles. The van der Waals surface area contributed by atoms with E-state index in [-0.39, 0.29) is 11.9 Å². The highest BCUT2D eigenvalue weighted by molar-refractivity contribution is 6.30. The van der Waals surface area contributed by atoms with E-state index in [1.54, 1.807) is 29.3 Å². The Labute approximate surface area is 184 Å². The molecule has 156 valence electrons. The lowest BCUT2D eigenvalue weighted by atomic mass is 10.0. The van der Waals surface area contributed by atoms with Crippen LogP contribution in [0.2, 0.25) is 5.02 Å². The van der Waals surface area contributed by atoms with Crippen molar-refractivity contribution in [2.75, 3.05) is 0 Å². The quantitative estimate of drug-likeness (QED) is 0.496. The molecule has 8 nitrogen and oxygen atoms in total. The number of hydrogen-bond donors (Lipinski definition) is 1. The summed E-state index contributed by atoms with van der Waals surface area (Å²) >= 11 is 6.04. The number of hydrogen-bond acceptors (Lipinski definition) is 6. The molecular formula is C22H20ClN7O. The molecule has 1 unspecified atom stereocenters. The van der Waals surface area contributed by atoms with E-state index in [4.69, 9.17) is 11.6 Å². The fourth-order valence-corrected chi connectivity index (χ4v) is 3.31. The number of benzene rings is 2. The van der Waals surface area contributed by atoms with Crippen LogP contribution in [-0.2, 0) is 6.42 Å². The Balaban J connectivity index is 1.74. The van der Waals surface area contributed by atoms with E-state index in [2.05, 4.69) is 30.8 Å². The van der Waals surface area contributed by atoms with Gasteiger partial charge in [-0.3, -0.25) is 14.8 Å². The summed E-state index contributed by atoms with van der Waals surface area (Å²) in [5, 5.41) is 15.6. The standard InChI is InChI=1S/C22H20ClN7O/c1-3-21-27-28-29-30(21)19-11-16(15-4-6-18(23)7-5-15)10-17(12-19)22(31)26-14(2)20-13-24-8-9-25-20/h4-14H,3H2,1-2H3,(H,26,31). The van der Waals surface area contributed by atoms with Gasteiger partial charge in [-0.05, 0) is 58.8 Å². The summed E-state index contributed by atoms with van der Waals surface area (Å²) in [5.74, 6) is 0.467. The third-order valence-corrected chi connectivity index (χ3v) is 5.08. The van der Waals surface area contributed by atoms with Gasteiger partial charge in [0.1, 0.15) is 0 Å². The number of tetrazole rings is 1. The predicted octanol–water partition coefficient (Wildman–Crippen LogP) is 3.83. The highest BCUT2D eigenvalue weighted by Crippen LogP contribution is 2.26. The van der Waals surface area contributed by atoms with Crippen molar-refractivity contribution in [3.8, 4) is 16.8 Å². The van der Waals surface area contributed by atoms with Crippen molar-refractivity contribution >= 4 is 17.5 Å². The zero-order valence-corrected chi connectivity index (χ0v) is 17.8. The second-order valence-electron chi connectivity index (χ2n) is 6.96. The SMILES string of the molecule is CCc1nnnn1-c1cc(C(=O)NC(C)c2cnccn2)cc(-c2ccc(Cl)cc2)c1. The van der Waals surface area contributed by atoms with Crippen molar-refractivity contribution in [2.45, 2.75) is 26.3 Å². The highest BCUT2D eigenvalue weighted by atomic mass is 35.5. The molecule has 0 radical (unpaired) electrons. The van der Waals surface area contributed by atoms with Gasteiger partial charge in [-0.15, -0.1) is 5.10 Å². The summed E-state index contributed by atoms with van der Waals surface area (Å²) in [5.41, 5.74) is 3.64. The van der Waals surface area contributed by atoms with E-state index >= 15 is 0 Å². The van der Waals surface area contributed by atoms with Gasteiger partial charge < -0.3 is 5.32 Å². The van der Waals surface area contributed by atoms with Crippen LogP contribution in [0.4, 0.5) is 0 Å². The van der Waals surface area contributed by atoms with Gasteiger partial charge in [0.2, 0.25) is 0 Å². The zero-order valence-electron chi connectivity index (χ0n) is 17.0. The Morgan fingerprint density at radius 2 is 1.94 bits per heavy atom. The molecule has 1 amide bonds. The second-order valence-corrected chi connectivity index (χ2v) is 7.40. The fraction of sp³-hybridized carbons (Fsp3) is 0.182. The number of carbonyl (C=O) groups is 1. The van der Waals surface area contributed by atoms with Crippen molar-refractivity contribution in [2.24, 2.45) is 0 Å². The average molecular weight is 434 g/mol. The van der Waals surface area contributed by atoms with E-state index in [1.807, 2.05) is 50.2 Å². The molecule has 0 aliphatic rings. The second kappa shape index (κ2) is 9.01. The maximum Gasteiger partial charge on any atom is 0.251 e. The van der Waals surface area contributed by atoms with Gasteiger partial charge >= 0.3 is 0 Å². The molecule has 0 saturated heterocycles. The normalized spacial score (nSPS) is 11.8. The largest absolute Gasteiger partial charge is 0.344 e. The van der Waals surface area contributed by atoms with Crippen LogP contribution in [0.25, 0.3) is 16.8 Å². The van der Waals surface area contributed by atoms with Gasteiger partial charge in [0.25, 0.3) is 5.91 Å². The maximum atomic E-state index is 13.1. The minimum Gasteiger partial charge on any atom is -0.344 e. The van der Waals surface area contributed by atoms with Crippen LogP contribution in [0.1, 0.15) is 41.8 Å². The Hall–Kier alpha value is -3.65. The van der Waals surface area contributed by atoms with Crippen LogP contribution in [-0.4, -0.2) is 36.1 Å². The van der Waals surface area contributed by atoms with Crippen molar-refractivity contribution in [3.05, 3.63) is 83.2 Å². The number of aromatic nitrogens is 6. The third kappa shape index (κ3) is 4.59. The highest BCUT2D eigenvalue weighted by Gasteiger charge is 2.17. The van der Waals surface area contributed by atoms with E-state index in [0.717, 1.165) is 11.1 Å². The molecule has 4 rings (SSSR count). The maximum absolute atomic E-state index is 13.1. The van der Waals surface area contributed by atoms with Crippen LogP contribution in [0.3, 0.4) is 0 Å². The first-order valence-electron chi connectivity index (χ1n) is 9.80. The first-order valence-corrected chi connectivity index (χ1v) is 10.2. The van der Waals surface area contributed by atoms with Crippen LogP contribution in [0.15, 0.2) is 61.1 Å². The van der Waals surface area contributed by atoms with Crippen LogP contribution >= 0.6 is 11.6 Å². The Kier molecular flexibility index (Phi) is 5.99. The molecule has 2 aromatic carbocycles. The zero-order chi connectivity index (χ0) is 21.8. The van der Waals surface area contributed by atoms with Gasteiger partial charge in [-0.25, -0.2) is 0 Å². The molecule has 31 heavy (non-hydrogen) atoms. The first kappa shape index (κ1) is 20.6. The number of nitrogens with zero attached hydrogens (tertiary/aromatic N) is 6. The first-order chi connectivity index (χ1) is 15.0. The lowest BCUT2D eigenvalue weighted by Crippen LogP contribution is -2.27. The molecule has 9 heteroatoms. The lowest BCUT2D eigenvalue weighted by molar-refractivity contribution is 0.0939. The average Bonchev–Trinajstić information content (AvgIpc) is 3.29. The number of aryl methyl sites for hydroxylation is 1. The number of amides is 1. The molecule has 4 aromatic rings.